The fraction of sp³-hybridized carbons (Fsp3) is 0.222. The first kappa shape index (κ1) is 7.87. The average molecular weight is 178 g/mol. The van der Waals surface area contributed by atoms with E-state index < -0.39 is 5.82 Å². The van der Waals surface area contributed by atoms with Crippen LogP contribution >= 0.6 is 0 Å². The van der Waals surface area contributed by atoms with Crippen LogP contribution in [0.1, 0.15) is 5.56 Å². The van der Waals surface area contributed by atoms with Crippen LogP contribution in [0.25, 0.3) is 0 Å². The van der Waals surface area contributed by atoms with Crippen LogP contribution in [0, 0.1) is 17.1 Å². The van der Waals surface area contributed by atoms with Gasteiger partial charge in [-0.2, -0.15) is 5.26 Å². The molecule has 2 rings (SSSR count). The van der Waals surface area contributed by atoms with Gasteiger partial charge in [0.15, 0.2) is 0 Å². The number of hydrogen-bond acceptors (Lipinski definition) is 3. The van der Waals surface area contributed by atoms with Gasteiger partial charge < -0.3 is 10.1 Å². The summed E-state index contributed by atoms with van der Waals surface area (Å²) in [6.07, 6.45) is 0. The first-order chi connectivity index (χ1) is 6.31. The molecule has 0 fully saturated rings. The Hall–Kier alpha value is -1.76. The highest BCUT2D eigenvalue weighted by Gasteiger charge is 2.15. The molecule has 0 aliphatic carbocycles. The Labute approximate surface area is 74.7 Å². The van der Waals surface area contributed by atoms with E-state index in [1.807, 2.05) is 6.07 Å². The lowest BCUT2D eigenvalue weighted by Crippen LogP contribution is -2.19. The third-order valence-corrected chi connectivity index (χ3v) is 1.85. The van der Waals surface area contributed by atoms with Gasteiger partial charge in [-0.15, -0.1) is 0 Å². The molecule has 13 heavy (non-hydrogen) atoms. The molecule has 1 heterocycles. The predicted molar refractivity (Wildman–Crippen MR) is 45.1 cm³/mol. The second-order valence-electron chi connectivity index (χ2n) is 2.71. The number of nitrogens with one attached hydrogen (secondary N) is 1. The topological polar surface area (TPSA) is 45.0 Å². The molecular formula is C9H7FN2O. The lowest BCUT2D eigenvalue weighted by molar-refractivity contribution is 0.321. The normalized spacial score (nSPS) is 13.5. The standard InChI is InChI=1S/C9H7FN2O/c10-7-3-6(5-11)9-8(4-7)13-2-1-12-9/h3-4,12H,1-2H2. The molecule has 0 aromatic heterocycles. The zero-order chi connectivity index (χ0) is 9.26. The fourth-order valence-electron chi connectivity index (χ4n) is 1.30. The van der Waals surface area contributed by atoms with Crippen molar-refractivity contribution in [1.29, 1.82) is 5.26 Å². The van der Waals surface area contributed by atoms with E-state index >= 15 is 0 Å². The van der Waals surface area contributed by atoms with E-state index in [1.54, 1.807) is 0 Å². The Kier molecular flexibility index (Phi) is 1.78. The maximum atomic E-state index is 12.9. The van der Waals surface area contributed by atoms with E-state index in [9.17, 15) is 4.39 Å². The first-order valence-electron chi connectivity index (χ1n) is 3.91. The van der Waals surface area contributed by atoms with Gasteiger partial charge in [-0.05, 0) is 6.07 Å². The van der Waals surface area contributed by atoms with Gasteiger partial charge >= 0.3 is 0 Å². The van der Waals surface area contributed by atoms with Gasteiger partial charge in [0.1, 0.15) is 24.2 Å². The predicted octanol–water partition coefficient (Wildman–Crippen LogP) is 1.50. The lowest BCUT2D eigenvalue weighted by atomic mass is 10.1. The second kappa shape index (κ2) is 2.94. The molecule has 0 saturated heterocycles. The number of nitriles is 1. The monoisotopic (exact) mass is 178 g/mol. The fourth-order valence-corrected chi connectivity index (χ4v) is 1.30. The SMILES string of the molecule is N#Cc1cc(F)cc2c1NCCO2. The Morgan fingerprint density at radius 2 is 2.38 bits per heavy atom. The first-order valence-corrected chi connectivity index (χ1v) is 3.91. The largest absolute Gasteiger partial charge is 0.489 e. The van der Waals surface area contributed by atoms with Crippen LogP contribution in [0.4, 0.5) is 10.1 Å². The summed E-state index contributed by atoms with van der Waals surface area (Å²) in [5.41, 5.74) is 0.879. The van der Waals surface area contributed by atoms with E-state index in [2.05, 4.69) is 5.32 Å². The second-order valence-corrected chi connectivity index (χ2v) is 2.71. The van der Waals surface area contributed by atoms with Gasteiger partial charge in [-0.1, -0.05) is 0 Å². The van der Waals surface area contributed by atoms with Crippen LogP contribution in [-0.4, -0.2) is 13.2 Å². The number of halogens is 1. The molecular weight excluding hydrogens is 171 g/mol. The highest BCUT2D eigenvalue weighted by Crippen LogP contribution is 2.31. The van der Waals surface area contributed by atoms with Crippen molar-refractivity contribution in [1.82, 2.24) is 0 Å². The molecule has 66 valence electrons. The molecule has 1 aliphatic heterocycles. The summed E-state index contributed by atoms with van der Waals surface area (Å²) in [6.45, 7) is 1.15. The van der Waals surface area contributed by atoms with Crippen LogP contribution < -0.4 is 10.1 Å². The van der Waals surface area contributed by atoms with Crippen molar-refractivity contribution in [2.24, 2.45) is 0 Å². The van der Waals surface area contributed by atoms with Crippen molar-refractivity contribution < 1.29 is 9.13 Å². The minimum atomic E-state index is -0.445. The van der Waals surface area contributed by atoms with Gasteiger partial charge in [0.2, 0.25) is 0 Å². The van der Waals surface area contributed by atoms with Gasteiger partial charge in [-0.3, -0.25) is 0 Å². The number of anilines is 1. The average Bonchev–Trinajstić information content (AvgIpc) is 2.16. The van der Waals surface area contributed by atoms with Gasteiger partial charge in [0.25, 0.3) is 0 Å². The minimum Gasteiger partial charge on any atom is -0.489 e. The highest BCUT2D eigenvalue weighted by atomic mass is 19.1. The molecule has 0 radical (unpaired) electrons. The van der Waals surface area contributed by atoms with E-state index in [1.165, 1.54) is 12.1 Å². The smallest absolute Gasteiger partial charge is 0.146 e. The van der Waals surface area contributed by atoms with Crippen LogP contribution in [0.5, 0.6) is 5.75 Å². The third-order valence-electron chi connectivity index (χ3n) is 1.85. The van der Waals surface area contributed by atoms with Crippen LogP contribution in [0.2, 0.25) is 0 Å². The summed E-state index contributed by atoms with van der Waals surface area (Å²) >= 11 is 0. The molecule has 1 N–H and O–H groups in total. The molecule has 1 aliphatic rings. The lowest BCUT2D eigenvalue weighted by Gasteiger charge is -2.19. The van der Waals surface area contributed by atoms with Gasteiger partial charge in [0.05, 0.1) is 11.3 Å². The molecule has 0 spiro atoms. The molecule has 0 atom stereocenters. The Morgan fingerprint density at radius 3 is 3.15 bits per heavy atom. The molecule has 1 aromatic carbocycles. The Morgan fingerprint density at radius 1 is 1.54 bits per heavy atom. The summed E-state index contributed by atoms with van der Waals surface area (Å²) in [4.78, 5) is 0. The third kappa shape index (κ3) is 1.29. The van der Waals surface area contributed by atoms with Crippen molar-refractivity contribution >= 4 is 5.69 Å². The van der Waals surface area contributed by atoms with E-state index in [4.69, 9.17) is 10.00 Å². The molecule has 0 amide bonds. The number of nitrogens with zero attached hydrogens (tertiary/aromatic N) is 1. The molecule has 1 aromatic rings. The van der Waals surface area contributed by atoms with Gasteiger partial charge in [0, 0.05) is 12.6 Å². The Balaban J connectivity index is 2.58. The maximum absolute atomic E-state index is 12.9. The van der Waals surface area contributed by atoms with E-state index in [0.717, 1.165) is 0 Å². The zero-order valence-electron chi connectivity index (χ0n) is 6.80. The summed E-state index contributed by atoms with van der Waals surface area (Å²) in [6, 6.07) is 4.39. The molecule has 0 saturated carbocycles. The van der Waals surface area contributed by atoms with Crippen molar-refractivity contribution in [2.45, 2.75) is 0 Å². The quantitative estimate of drug-likeness (QED) is 0.654. The molecule has 4 heteroatoms. The zero-order valence-corrected chi connectivity index (χ0v) is 6.80. The minimum absolute atomic E-state index is 0.287. The van der Waals surface area contributed by atoms with E-state index in [0.29, 0.717) is 24.6 Å². The van der Waals surface area contributed by atoms with Crippen molar-refractivity contribution in [3.8, 4) is 11.8 Å². The van der Waals surface area contributed by atoms with Crippen LogP contribution in [-0.2, 0) is 0 Å². The van der Waals surface area contributed by atoms with Gasteiger partial charge in [-0.25, -0.2) is 4.39 Å². The van der Waals surface area contributed by atoms with Crippen LogP contribution in [0.3, 0.4) is 0 Å². The van der Waals surface area contributed by atoms with E-state index in [-0.39, 0.29) is 5.56 Å². The van der Waals surface area contributed by atoms with Crippen molar-refractivity contribution in [3.05, 3.63) is 23.5 Å². The molecule has 0 bridgehead atoms. The Bertz CT molecular complexity index is 384. The number of fused-ring (bicyclic) bond motifs is 1. The highest BCUT2D eigenvalue weighted by molar-refractivity contribution is 5.67. The molecule has 0 unspecified atom stereocenters. The molecule has 3 nitrogen and oxygen atoms in total. The number of hydrogen-bond donors (Lipinski definition) is 1. The number of benzene rings is 1. The number of rotatable bonds is 0. The van der Waals surface area contributed by atoms with Crippen molar-refractivity contribution in [3.63, 3.8) is 0 Å². The summed E-state index contributed by atoms with van der Waals surface area (Å²) in [7, 11) is 0. The summed E-state index contributed by atoms with van der Waals surface area (Å²) in [5, 5.41) is 11.7. The summed E-state index contributed by atoms with van der Waals surface area (Å²) in [5.74, 6) is -0.0261. The number of ether oxygens (including phenoxy) is 1. The van der Waals surface area contributed by atoms with Crippen molar-refractivity contribution in [2.75, 3.05) is 18.5 Å². The van der Waals surface area contributed by atoms with Crippen LogP contribution in [0.15, 0.2) is 12.1 Å². The maximum Gasteiger partial charge on any atom is 0.146 e. The summed E-state index contributed by atoms with van der Waals surface area (Å²) < 4.78 is 18.1.